The molecular formula is C26H23IrN2O2-. The molecule has 0 fully saturated rings. The van der Waals surface area contributed by atoms with Gasteiger partial charge < -0.3 is 9.59 Å². The Hall–Kier alpha value is -3.27. The molecule has 159 valence electrons. The number of hydrogen-bond donors (Lipinski definition) is 0. The number of ketones is 1. The van der Waals surface area contributed by atoms with Gasteiger partial charge in [0, 0.05) is 43.6 Å². The summed E-state index contributed by atoms with van der Waals surface area (Å²) in [6, 6.07) is 32.2. The molecule has 0 aliphatic heterocycles. The molecule has 0 aliphatic rings. The van der Waals surface area contributed by atoms with Crippen molar-refractivity contribution in [1.29, 1.82) is 0 Å². The molecule has 0 saturated heterocycles. The SMILES string of the molecule is CC(=O)C[C-]=O.[Ir].c1ccc(-c2ccccn2)cc1.c1ccc(-c2ccccn2)cc1. The third-order valence-electron chi connectivity index (χ3n) is 3.79. The van der Waals surface area contributed by atoms with Crippen molar-refractivity contribution in [1.82, 2.24) is 9.97 Å². The van der Waals surface area contributed by atoms with E-state index in [9.17, 15) is 9.59 Å². The van der Waals surface area contributed by atoms with Crippen molar-refractivity contribution in [2.75, 3.05) is 0 Å². The first kappa shape index (κ1) is 25.8. The van der Waals surface area contributed by atoms with E-state index in [1.165, 1.54) is 13.2 Å². The molecule has 0 N–H and O–H groups in total. The summed E-state index contributed by atoms with van der Waals surface area (Å²) in [7, 11) is 0. The zero-order valence-electron chi connectivity index (χ0n) is 17.1. The van der Waals surface area contributed by atoms with Gasteiger partial charge in [0.1, 0.15) is 5.78 Å². The Bertz CT molecular complexity index is 847. The van der Waals surface area contributed by atoms with Crippen molar-refractivity contribution in [3.8, 4) is 22.5 Å². The number of aromatic nitrogens is 2. The fourth-order valence-electron chi connectivity index (χ4n) is 2.39. The van der Waals surface area contributed by atoms with Crippen LogP contribution in [0.25, 0.3) is 22.5 Å². The van der Waals surface area contributed by atoms with E-state index >= 15 is 0 Å². The Morgan fingerprint density at radius 1 is 0.677 bits per heavy atom. The van der Waals surface area contributed by atoms with E-state index in [1.807, 2.05) is 85.2 Å². The van der Waals surface area contributed by atoms with Gasteiger partial charge in [-0.2, -0.15) is 0 Å². The van der Waals surface area contributed by atoms with E-state index in [0.29, 0.717) is 0 Å². The van der Waals surface area contributed by atoms with Gasteiger partial charge >= 0.3 is 0 Å². The summed E-state index contributed by atoms with van der Waals surface area (Å²) in [4.78, 5) is 27.5. The molecule has 1 radical (unpaired) electrons. The molecule has 4 aromatic rings. The average molecular weight is 588 g/mol. The molecule has 2 aromatic carbocycles. The van der Waals surface area contributed by atoms with Crippen LogP contribution in [0.15, 0.2) is 109 Å². The first-order valence-corrected chi connectivity index (χ1v) is 9.48. The first-order valence-electron chi connectivity index (χ1n) is 9.48. The van der Waals surface area contributed by atoms with Crippen LogP contribution in [0.4, 0.5) is 0 Å². The van der Waals surface area contributed by atoms with Crippen LogP contribution in [-0.4, -0.2) is 22.0 Å². The fourth-order valence-corrected chi connectivity index (χ4v) is 2.39. The van der Waals surface area contributed by atoms with E-state index in [-0.39, 0.29) is 32.3 Å². The summed E-state index contributed by atoms with van der Waals surface area (Å²) in [5.74, 6) is -0.134. The standard InChI is InChI=1S/2C11H9N.C4H5O2.Ir/c2*1-2-6-10(7-3-1)11-8-4-5-9-12-11;1-4(6)2-3-5;/h2*1-9H;2H2,1H3;/q;;-1;. The van der Waals surface area contributed by atoms with E-state index in [4.69, 9.17) is 0 Å². The quantitative estimate of drug-likeness (QED) is 0.232. The molecule has 0 aliphatic carbocycles. The number of benzene rings is 2. The van der Waals surface area contributed by atoms with E-state index in [2.05, 4.69) is 34.2 Å². The Kier molecular flexibility index (Phi) is 12.9. The number of carbonyl (C=O) groups excluding carboxylic acids is 2. The van der Waals surface area contributed by atoms with Crippen molar-refractivity contribution in [2.24, 2.45) is 0 Å². The second-order valence-corrected chi connectivity index (χ2v) is 6.19. The normalized spacial score (nSPS) is 8.94. The summed E-state index contributed by atoms with van der Waals surface area (Å²) in [6.07, 6.45) is 5.01. The predicted octanol–water partition coefficient (Wildman–Crippen LogP) is 5.57. The number of carbonyl (C=O) groups is 1. The molecule has 0 atom stereocenters. The van der Waals surface area contributed by atoms with Crippen molar-refractivity contribution < 1.29 is 29.7 Å². The van der Waals surface area contributed by atoms with E-state index in [0.717, 1.165) is 22.5 Å². The Morgan fingerprint density at radius 2 is 1.06 bits per heavy atom. The van der Waals surface area contributed by atoms with Crippen LogP contribution in [0, 0.1) is 0 Å². The maximum absolute atomic E-state index is 9.78. The predicted molar refractivity (Wildman–Crippen MR) is 120 cm³/mol. The van der Waals surface area contributed by atoms with Crippen molar-refractivity contribution in [3.05, 3.63) is 109 Å². The van der Waals surface area contributed by atoms with Crippen LogP contribution in [0.2, 0.25) is 0 Å². The second-order valence-electron chi connectivity index (χ2n) is 6.19. The molecule has 0 bridgehead atoms. The van der Waals surface area contributed by atoms with Gasteiger partial charge in [-0.25, -0.2) is 0 Å². The number of hydrogen-bond acceptors (Lipinski definition) is 4. The largest absolute Gasteiger partial charge is 0.541 e. The van der Waals surface area contributed by atoms with Gasteiger partial charge in [0.2, 0.25) is 0 Å². The minimum atomic E-state index is -0.134. The van der Waals surface area contributed by atoms with Gasteiger partial charge in [0.15, 0.2) is 0 Å². The molecule has 0 amide bonds. The van der Waals surface area contributed by atoms with E-state index < -0.39 is 0 Å². The van der Waals surface area contributed by atoms with E-state index in [1.54, 1.807) is 0 Å². The van der Waals surface area contributed by atoms with Crippen LogP contribution in [-0.2, 0) is 29.7 Å². The molecule has 4 rings (SSSR count). The Labute approximate surface area is 196 Å². The molecule has 4 nitrogen and oxygen atoms in total. The second kappa shape index (κ2) is 15.6. The number of nitrogens with zero attached hydrogens (tertiary/aromatic N) is 2. The molecule has 0 unspecified atom stereocenters. The minimum absolute atomic E-state index is 0. The summed E-state index contributed by atoms with van der Waals surface area (Å²) in [5.41, 5.74) is 4.38. The smallest absolute Gasteiger partial charge is 0.103 e. The van der Waals surface area contributed by atoms with Gasteiger partial charge in [-0.05, 0) is 31.2 Å². The number of rotatable bonds is 4. The fraction of sp³-hybridized carbons (Fsp3) is 0.0769. The molecule has 0 spiro atoms. The molecule has 2 aromatic heterocycles. The molecule has 0 saturated carbocycles. The monoisotopic (exact) mass is 588 g/mol. The molecular weight excluding hydrogens is 565 g/mol. The van der Waals surface area contributed by atoms with Crippen LogP contribution >= 0.6 is 0 Å². The van der Waals surface area contributed by atoms with Gasteiger partial charge in [-0.15, -0.1) is 0 Å². The summed E-state index contributed by atoms with van der Waals surface area (Å²) < 4.78 is 0. The number of Topliss-reactive ketones (excluding diaryl/α,β-unsaturated/α-hetero) is 1. The zero-order chi connectivity index (χ0) is 21.4. The third kappa shape index (κ3) is 10.4. The zero-order valence-corrected chi connectivity index (χ0v) is 19.5. The van der Waals surface area contributed by atoms with Crippen LogP contribution in [0.5, 0.6) is 0 Å². The molecule has 2 heterocycles. The van der Waals surface area contributed by atoms with Gasteiger partial charge in [0.05, 0.1) is 11.4 Å². The van der Waals surface area contributed by atoms with Gasteiger partial charge in [-0.3, -0.25) is 16.3 Å². The topological polar surface area (TPSA) is 59.9 Å². The van der Waals surface area contributed by atoms with Crippen LogP contribution in [0.1, 0.15) is 13.3 Å². The average Bonchev–Trinajstić information content (AvgIpc) is 2.82. The summed E-state index contributed by atoms with van der Waals surface area (Å²) in [5, 5.41) is 0. The molecule has 5 heteroatoms. The third-order valence-corrected chi connectivity index (χ3v) is 3.79. The molecule has 31 heavy (non-hydrogen) atoms. The van der Waals surface area contributed by atoms with Crippen LogP contribution in [0.3, 0.4) is 0 Å². The number of pyridine rings is 2. The maximum atomic E-state index is 9.78. The van der Waals surface area contributed by atoms with Crippen LogP contribution < -0.4 is 0 Å². The van der Waals surface area contributed by atoms with Gasteiger partial charge in [-0.1, -0.05) is 79.2 Å². The summed E-state index contributed by atoms with van der Waals surface area (Å²) in [6.45, 7) is 1.35. The van der Waals surface area contributed by atoms with Crippen molar-refractivity contribution in [3.63, 3.8) is 0 Å². The van der Waals surface area contributed by atoms with Crippen molar-refractivity contribution >= 4 is 12.1 Å². The van der Waals surface area contributed by atoms with Crippen molar-refractivity contribution in [2.45, 2.75) is 13.3 Å². The minimum Gasteiger partial charge on any atom is -0.541 e. The first-order chi connectivity index (χ1) is 14.7. The summed E-state index contributed by atoms with van der Waals surface area (Å²) >= 11 is 0. The maximum Gasteiger partial charge on any atom is 0.103 e. The Morgan fingerprint density at radius 3 is 1.32 bits per heavy atom. The van der Waals surface area contributed by atoms with Gasteiger partial charge in [0.25, 0.3) is 0 Å². The Balaban J connectivity index is 0.000000243.